The predicted octanol–water partition coefficient (Wildman–Crippen LogP) is 3.95. The highest BCUT2D eigenvalue weighted by atomic mass is 16.5. The number of hydrogen-bond acceptors (Lipinski definition) is 5. The Morgan fingerprint density at radius 3 is 2.65 bits per heavy atom. The van der Waals surface area contributed by atoms with Crippen molar-refractivity contribution < 1.29 is 4.52 Å². The molecule has 1 saturated carbocycles. The highest BCUT2D eigenvalue weighted by Gasteiger charge is 2.30. The zero-order valence-corrected chi connectivity index (χ0v) is 15.0. The molecule has 3 aromatic rings. The van der Waals surface area contributed by atoms with E-state index in [4.69, 9.17) is 9.51 Å². The van der Waals surface area contributed by atoms with Crippen molar-refractivity contribution in [2.45, 2.75) is 44.6 Å². The molecule has 1 aliphatic heterocycles. The molecule has 0 amide bonds. The number of para-hydroxylation sites is 1. The Balaban J connectivity index is 1.15. The number of hydrogen-bond donors (Lipinski definition) is 0. The van der Waals surface area contributed by atoms with Gasteiger partial charge in [0.1, 0.15) is 0 Å². The molecular weight excluding hydrogens is 324 g/mol. The summed E-state index contributed by atoms with van der Waals surface area (Å²) in [5.74, 6) is 2.98. The van der Waals surface area contributed by atoms with Crippen molar-refractivity contribution in [2.75, 3.05) is 13.1 Å². The Morgan fingerprint density at radius 2 is 1.81 bits per heavy atom. The Hall–Kier alpha value is -2.27. The van der Waals surface area contributed by atoms with Gasteiger partial charge in [-0.15, -0.1) is 0 Å². The molecule has 0 bridgehead atoms. The van der Waals surface area contributed by atoms with Gasteiger partial charge in [0.15, 0.2) is 5.82 Å². The molecule has 5 heteroatoms. The minimum atomic E-state index is 0.549. The Bertz CT molecular complexity index is 894. The highest BCUT2D eigenvalue weighted by Crippen LogP contribution is 2.39. The Labute approximate surface area is 153 Å². The predicted molar refractivity (Wildman–Crippen MR) is 99.7 cm³/mol. The molecule has 1 aliphatic carbocycles. The van der Waals surface area contributed by atoms with E-state index in [-0.39, 0.29) is 0 Å². The van der Waals surface area contributed by atoms with Crippen LogP contribution in [-0.4, -0.2) is 33.1 Å². The average Bonchev–Trinajstić information content (AvgIpc) is 3.43. The number of fused-ring (bicyclic) bond motifs is 1. The van der Waals surface area contributed by atoms with Crippen LogP contribution in [0.5, 0.6) is 0 Å². The number of aromatic nitrogens is 3. The van der Waals surface area contributed by atoms with Gasteiger partial charge in [-0.05, 0) is 56.8 Å². The van der Waals surface area contributed by atoms with Gasteiger partial charge in [0.05, 0.1) is 11.2 Å². The maximum atomic E-state index is 5.39. The first kappa shape index (κ1) is 15.9. The number of nitrogens with zero attached hydrogens (tertiary/aromatic N) is 4. The molecule has 134 valence electrons. The Morgan fingerprint density at radius 1 is 0.962 bits per heavy atom. The van der Waals surface area contributed by atoms with Gasteiger partial charge < -0.3 is 4.52 Å². The third-order valence-electron chi connectivity index (χ3n) is 5.63. The second kappa shape index (κ2) is 6.80. The van der Waals surface area contributed by atoms with E-state index in [1.807, 2.05) is 0 Å². The van der Waals surface area contributed by atoms with Gasteiger partial charge in [-0.3, -0.25) is 9.88 Å². The fraction of sp³-hybridized carbons (Fsp3) is 0.476. The first-order chi connectivity index (χ1) is 12.8. The van der Waals surface area contributed by atoms with E-state index >= 15 is 0 Å². The molecule has 0 unspecified atom stereocenters. The Kier molecular flexibility index (Phi) is 4.17. The molecule has 0 radical (unpaired) electrons. The van der Waals surface area contributed by atoms with Gasteiger partial charge in [0.2, 0.25) is 5.89 Å². The van der Waals surface area contributed by atoms with Crippen molar-refractivity contribution in [2.24, 2.45) is 5.92 Å². The van der Waals surface area contributed by atoms with Gasteiger partial charge in [-0.1, -0.05) is 29.4 Å². The van der Waals surface area contributed by atoms with Crippen LogP contribution in [0.3, 0.4) is 0 Å². The monoisotopic (exact) mass is 348 g/mol. The van der Waals surface area contributed by atoms with Crippen LogP contribution in [0.2, 0.25) is 0 Å². The lowest BCUT2D eigenvalue weighted by Gasteiger charge is -2.31. The maximum Gasteiger partial charge on any atom is 0.229 e. The van der Waals surface area contributed by atoms with E-state index in [0.717, 1.165) is 49.0 Å². The molecule has 0 N–H and O–H groups in total. The zero-order chi connectivity index (χ0) is 17.3. The molecule has 3 heterocycles. The van der Waals surface area contributed by atoms with Crippen molar-refractivity contribution in [1.82, 2.24) is 20.0 Å². The summed E-state index contributed by atoms with van der Waals surface area (Å²) < 4.78 is 5.39. The molecule has 1 aromatic carbocycles. The number of rotatable bonds is 5. The third kappa shape index (κ3) is 3.49. The van der Waals surface area contributed by atoms with E-state index in [1.165, 1.54) is 31.1 Å². The summed E-state index contributed by atoms with van der Waals surface area (Å²) in [4.78, 5) is 11.9. The number of pyridine rings is 1. The van der Waals surface area contributed by atoms with Crippen molar-refractivity contribution in [3.05, 3.63) is 53.8 Å². The molecule has 0 spiro atoms. The van der Waals surface area contributed by atoms with Crippen LogP contribution >= 0.6 is 0 Å². The topological polar surface area (TPSA) is 55.1 Å². The summed E-state index contributed by atoms with van der Waals surface area (Å²) in [5.41, 5.74) is 2.25. The summed E-state index contributed by atoms with van der Waals surface area (Å²) in [6.45, 7) is 3.17. The maximum absolute atomic E-state index is 5.39. The van der Waals surface area contributed by atoms with Gasteiger partial charge in [-0.25, -0.2) is 0 Å². The third-order valence-corrected chi connectivity index (χ3v) is 5.63. The van der Waals surface area contributed by atoms with Crippen LogP contribution in [0.25, 0.3) is 10.9 Å². The van der Waals surface area contributed by atoms with Crippen molar-refractivity contribution >= 4 is 10.9 Å². The molecule has 0 atom stereocenters. The fourth-order valence-corrected chi connectivity index (χ4v) is 3.88. The smallest absolute Gasteiger partial charge is 0.229 e. The zero-order valence-electron chi connectivity index (χ0n) is 15.0. The lowest BCUT2D eigenvalue weighted by Crippen LogP contribution is -2.34. The van der Waals surface area contributed by atoms with E-state index in [9.17, 15) is 0 Å². The minimum Gasteiger partial charge on any atom is -0.339 e. The van der Waals surface area contributed by atoms with E-state index in [0.29, 0.717) is 11.8 Å². The molecular formula is C21H24N4O. The summed E-state index contributed by atoms with van der Waals surface area (Å²) in [5, 5.41) is 5.39. The second-order valence-electron chi connectivity index (χ2n) is 7.74. The van der Waals surface area contributed by atoms with Gasteiger partial charge in [0.25, 0.3) is 0 Å². The lowest BCUT2D eigenvalue weighted by atomic mass is 9.93. The van der Waals surface area contributed by atoms with E-state index in [1.54, 1.807) is 0 Å². The van der Waals surface area contributed by atoms with Crippen molar-refractivity contribution in [3.63, 3.8) is 0 Å². The van der Waals surface area contributed by atoms with Gasteiger partial charge >= 0.3 is 0 Å². The van der Waals surface area contributed by atoms with Crippen LogP contribution in [0.1, 0.15) is 49.0 Å². The SMILES string of the molecule is c1ccc2nc(CN3CCC(Cc4noc(C5CC5)n4)CC3)ccc2c1. The largest absolute Gasteiger partial charge is 0.339 e. The van der Waals surface area contributed by atoms with Gasteiger partial charge in [-0.2, -0.15) is 4.98 Å². The molecule has 26 heavy (non-hydrogen) atoms. The molecule has 2 aliphatic rings. The van der Waals surface area contributed by atoms with Gasteiger partial charge in [0, 0.05) is 24.3 Å². The molecule has 5 nitrogen and oxygen atoms in total. The first-order valence-electron chi connectivity index (χ1n) is 9.73. The van der Waals surface area contributed by atoms with E-state index < -0.39 is 0 Å². The number of benzene rings is 1. The number of likely N-dealkylation sites (tertiary alicyclic amines) is 1. The van der Waals surface area contributed by atoms with Crippen LogP contribution in [-0.2, 0) is 13.0 Å². The van der Waals surface area contributed by atoms with Crippen LogP contribution in [0.15, 0.2) is 40.9 Å². The minimum absolute atomic E-state index is 0.549. The molecule has 2 fully saturated rings. The standard InChI is InChI=1S/C21H24N4O/c1-2-4-19-16(3-1)7-8-18(22-19)14-25-11-9-15(10-12-25)13-20-23-21(26-24-20)17-5-6-17/h1-4,7-8,15,17H,5-6,9-14H2. The van der Waals surface area contributed by atoms with Crippen molar-refractivity contribution in [3.8, 4) is 0 Å². The average molecular weight is 348 g/mol. The molecule has 1 saturated heterocycles. The summed E-state index contributed by atoms with van der Waals surface area (Å²) in [7, 11) is 0. The van der Waals surface area contributed by atoms with Crippen molar-refractivity contribution in [1.29, 1.82) is 0 Å². The molecule has 2 aromatic heterocycles. The van der Waals surface area contributed by atoms with E-state index in [2.05, 4.69) is 51.4 Å². The van der Waals surface area contributed by atoms with Crippen LogP contribution in [0.4, 0.5) is 0 Å². The van der Waals surface area contributed by atoms with Crippen LogP contribution < -0.4 is 0 Å². The number of piperidine rings is 1. The highest BCUT2D eigenvalue weighted by molar-refractivity contribution is 5.78. The molecule has 5 rings (SSSR count). The summed E-state index contributed by atoms with van der Waals surface area (Å²) in [6.07, 6.45) is 5.77. The normalized spacial score (nSPS) is 19.2. The second-order valence-corrected chi connectivity index (χ2v) is 7.74. The summed E-state index contributed by atoms with van der Waals surface area (Å²) >= 11 is 0. The fourth-order valence-electron chi connectivity index (χ4n) is 3.88. The van der Waals surface area contributed by atoms with Crippen LogP contribution in [0, 0.1) is 5.92 Å². The summed E-state index contributed by atoms with van der Waals surface area (Å²) in [6, 6.07) is 12.7. The first-order valence-corrected chi connectivity index (χ1v) is 9.73. The lowest BCUT2D eigenvalue weighted by molar-refractivity contribution is 0.174. The quantitative estimate of drug-likeness (QED) is 0.699.